The fourth-order valence-electron chi connectivity index (χ4n) is 2.27. The van der Waals surface area contributed by atoms with Crippen LogP contribution in [-0.4, -0.2) is 32.6 Å². The lowest BCUT2D eigenvalue weighted by atomic mass is 9.79. The van der Waals surface area contributed by atoms with Gasteiger partial charge in [0.2, 0.25) is 0 Å². The Balaban J connectivity index is 4.47. The van der Waals surface area contributed by atoms with Crippen LogP contribution in [0.1, 0.15) is 54.4 Å². The molecule has 0 aromatic rings. The van der Waals surface area contributed by atoms with Crippen LogP contribution in [0.25, 0.3) is 0 Å². The first-order valence-electron chi connectivity index (χ1n) is 7.51. The van der Waals surface area contributed by atoms with Crippen molar-refractivity contribution in [1.82, 2.24) is 5.32 Å². The number of nitrogens with one attached hydrogen (secondary N) is 1. The van der Waals surface area contributed by atoms with Gasteiger partial charge in [-0.05, 0) is 19.9 Å². The Bertz CT molecular complexity index is 278. The molecular weight excluding hydrogens is 238 g/mol. The van der Waals surface area contributed by atoms with E-state index in [0.717, 1.165) is 19.4 Å². The van der Waals surface area contributed by atoms with Gasteiger partial charge in [0, 0.05) is 23.3 Å². The minimum Gasteiger partial charge on any atom is -0.380 e. The summed E-state index contributed by atoms with van der Waals surface area (Å²) in [5, 5.41) is 3.21. The largest absolute Gasteiger partial charge is 0.380 e. The zero-order valence-electron chi connectivity index (χ0n) is 13.9. The first-order valence-corrected chi connectivity index (χ1v) is 7.51. The molecule has 0 amide bonds. The molecule has 0 bridgehead atoms. The maximum Gasteiger partial charge on any atom is 0.143 e. The molecule has 0 aliphatic carbocycles. The average Bonchev–Trinajstić information content (AvgIpc) is 2.37. The van der Waals surface area contributed by atoms with E-state index in [4.69, 9.17) is 4.74 Å². The molecule has 0 fully saturated rings. The molecule has 0 aromatic heterocycles. The lowest BCUT2D eigenvalue weighted by Gasteiger charge is -2.32. The second-order valence-electron chi connectivity index (χ2n) is 6.62. The van der Waals surface area contributed by atoms with E-state index in [1.165, 1.54) is 0 Å². The molecule has 0 rings (SSSR count). The number of ether oxygens (including phenoxy) is 1. The number of carbonyl (C=O) groups excluding carboxylic acids is 1. The number of hydrogen-bond acceptors (Lipinski definition) is 3. The zero-order valence-corrected chi connectivity index (χ0v) is 13.9. The van der Waals surface area contributed by atoms with E-state index in [0.29, 0.717) is 19.0 Å². The Morgan fingerprint density at radius 2 is 1.74 bits per heavy atom. The Morgan fingerprint density at radius 3 is 2.11 bits per heavy atom. The van der Waals surface area contributed by atoms with Crippen molar-refractivity contribution < 1.29 is 9.53 Å². The number of hydrogen-bond donors (Lipinski definition) is 1. The van der Waals surface area contributed by atoms with Gasteiger partial charge in [-0.25, -0.2) is 0 Å². The summed E-state index contributed by atoms with van der Waals surface area (Å²) in [4.78, 5) is 12.3. The SMILES string of the molecule is CCC(C)(CNC)COCC(C)(CC)C(=O)C(C)C. The lowest BCUT2D eigenvalue weighted by Crippen LogP contribution is -2.39. The normalized spacial score (nSPS) is 18.1. The Labute approximate surface area is 119 Å². The third-order valence-electron chi connectivity index (χ3n) is 4.23. The van der Waals surface area contributed by atoms with E-state index in [2.05, 4.69) is 26.1 Å². The second kappa shape index (κ2) is 8.01. The molecule has 114 valence electrons. The van der Waals surface area contributed by atoms with E-state index in [-0.39, 0.29) is 16.7 Å². The molecular formula is C16H33NO2. The minimum absolute atomic E-state index is 0.0726. The van der Waals surface area contributed by atoms with E-state index >= 15 is 0 Å². The quantitative estimate of drug-likeness (QED) is 0.662. The van der Waals surface area contributed by atoms with Crippen LogP contribution < -0.4 is 5.32 Å². The van der Waals surface area contributed by atoms with Crippen LogP contribution in [0.5, 0.6) is 0 Å². The van der Waals surface area contributed by atoms with E-state index < -0.39 is 0 Å². The van der Waals surface area contributed by atoms with Crippen molar-refractivity contribution in [2.45, 2.75) is 54.4 Å². The molecule has 2 unspecified atom stereocenters. The molecule has 19 heavy (non-hydrogen) atoms. The first-order chi connectivity index (χ1) is 8.74. The van der Waals surface area contributed by atoms with Gasteiger partial charge in [-0.3, -0.25) is 4.79 Å². The minimum atomic E-state index is -0.345. The highest BCUT2D eigenvalue weighted by Crippen LogP contribution is 2.28. The third kappa shape index (κ3) is 5.62. The van der Waals surface area contributed by atoms with E-state index in [1.54, 1.807) is 0 Å². The van der Waals surface area contributed by atoms with Gasteiger partial charge in [0.15, 0.2) is 0 Å². The number of rotatable bonds is 10. The smallest absolute Gasteiger partial charge is 0.143 e. The molecule has 0 aromatic carbocycles. The molecule has 0 aliphatic rings. The van der Waals surface area contributed by atoms with Gasteiger partial charge in [0.05, 0.1) is 13.2 Å². The summed E-state index contributed by atoms with van der Waals surface area (Å²) in [5.74, 6) is 0.380. The van der Waals surface area contributed by atoms with Crippen LogP contribution >= 0.6 is 0 Å². The van der Waals surface area contributed by atoms with Gasteiger partial charge in [-0.15, -0.1) is 0 Å². The highest BCUT2D eigenvalue weighted by Gasteiger charge is 2.34. The number of carbonyl (C=O) groups is 1. The molecule has 0 aliphatic heterocycles. The van der Waals surface area contributed by atoms with E-state index in [9.17, 15) is 4.79 Å². The molecule has 3 nitrogen and oxygen atoms in total. The Kier molecular flexibility index (Phi) is 7.83. The van der Waals surface area contributed by atoms with Crippen molar-refractivity contribution in [2.24, 2.45) is 16.7 Å². The average molecular weight is 271 g/mol. The fraction of sp³-hybridized carbons (Fsp3) is 0.938. The number of ketones is 1. The first kappa shape index (κ1) is 18.6. The van der Waals surface area contributed by atoms with Gasteiger partial charge >= 0.3 is 0 Å². The van der Waals surface area contributed by atoms with Gasteiger partial charge in [0.25, 0.3) is 0 Å². The van der Waals surface area contributed by atoms with Crippen LogP contribution in [0.15, 0.2) is 0 Å². The van der Waals surface area contributed by atoms with Gasteiger partial charge < -0.3 is 10.1 Å². The van der Waals surface area contributed by atoms with Gasteiger partial charge in [-0.2, -0.15) is 0 Å². The summed E-state index contributed by atoms with van der Waals surface area (Å²) in [6.07, 6.45) is 1.90. The van der Waals surface area contributed by atoms with Crippen LogP contribution in [0.2, 0.25) is 0 Å². The van der Waals surface area contributed by atoms with Crippen LogP contribution in [0.4, 0.5) is 0 Å². The van der Waals surface area contributed by atoms with E-state index in [1.807, 2.05) is 27.8 Å². The second-order valence-corrected chi connectivity index (χ2v) is 6.62. The lowest BCUT2D eigenvalue weighted by molar-refractivity contribution is -0.135. The van der Waals surface area contributed by atoms with Gasteiger partial charge in [-0.1, -0.05) is 41.5 Å². The van der Waals surface area contributed by atoms with Crippen LogP contribution in [0, 0.1) is 16.7 Å². The van der Waals surface area contributed by atoms with Crippen molar-refractivity contribution >= 4 is 5.78 Å². The van der Waals surface area contributed by atoms with Crippen molar-refractivity contribution in [3.05, 3.63) is 0 Å². The predicted molar refractivity (Wildman–Crippen MR) is 81.4 cm³/mol. The molecule has 0 heterocycles. The van der Waals surface area contributed by atoms with Crippen molar-refractivity contribution in [1.29, 1.82) is 0 Å². The van der Waals surface area contributed by atoms with Crippen molar-refractivity contribution in [2.75, 3.05) is 26.8 Å². The standard InChI is InChI=1S/C16H33NO2/c1-8-15(5,10-17-7)11-19-12-16(6,9-2)14(18)13(3)4/h13,17H,8-12H2,1-7H3. The summed E-state index contributed by atoms with van der Waals surface area (Å²) < 4.78 is 5.91. The van der Waals surface area contributed by atoms with Gasteiger partial charge in [0.1, 0.15) is 5.78 Å². The predicted octanol–water partition coefficient (Wildman–Crippen LogP) is 3.28. The fourth-order valence-corrected chi connectivity index (χ4v) is 2.27. The summed E-state index contributed by atoms with van der Waals surface area (Å²) in [5.41, 5.74) is -0.202. The summed E-state index contributed by atoms with van der Waals surface area (Å²) in [6, 6.07) is 0. The molecule has 0 saturated carbocycles. The number of Topliss-reactive ketones (excluding diaryl/α,β-unsaturated/α-hetero) is 1. The summed E-state index contributed by atoms with van der Waals surface area (Å²) >= 11 is 0. The van der Waals surface area contributed by atoms with Crippen LogP contribution in [-0.2, 0) is 9.53 Å². The maximum atomic E-state index is 12.3. The van der Waals surface area contributed by atoms with Crippen LogP contribution in [0.3, 0.4) is 0 Å². The molecule has 0 spiro atoms. The highest BCUT2D eigenvalue weighted by atomic mass is 16.5. The topological polar surface area (TPSA) is 38.3 Å². The molecule has 2 atom stereocenters. The van der Waals surface area contributed by atoms with Crippen molar-refractivity contribution in [3.8, 4) is 0 Å². The molecule has 3 heteroatoms. The molecule has 0 radical (unpaired) electrons. The molecule has 1 N–H and O–H groups in total. The van der Waals surface area contributed by atoms with Crippen molar-refractivity contribution in [3.63, 3.8) is 0 Å². The highest BCUT2D eigenvalue weighted by molar-refractivity contribution is 5.86. The summed E-state index contributed by atoms with van der Waals surface area (Å²) in [7, 11) is 1.96. The maximum absolute atomic E-state index is 12.3. The molecule has 0 saturated heterocycles. The Hall–Kier alpha value is -0.410. The summed E-state index contributed by atoms with van der Waals surface area (Å²) in [6.45, 7) is 14.6. The monoisotopic (exact) mass is 271 g/mol. The zero-order chi connectivity index (χ0) is 15.1. The Morgan fingerprint density at radius 1 is 1.16 bits per heavy atom. The third-order valence-corrected chi connectivity index (χ3v) is 4.23.